The van der Waals surface area contributed by atoms with Crippen LogP contribution in [0.2, 0.25) is 0 Å². The molecule has 13 heteroatoms. The Morgan fingerprint density at radius 2 is 1.49 bits per heavy atom. The van der Waals surface area contributed by atoms with E-state index in [1.807, 2.05) is 13.8 Å². The zero-order valence-corrected chi connectivity index (χ0v) is 34.3. The molecule has 0 radical (unpaired) electrons. The van der Waals surface area contributed by atoms with Gasteiger partial charge in [-0.15, -0.1) is 6.58 Å². The molecule has 3 aliphatic rings. The zero-order valence-electron chi connectivity index (χ0n) is 33.5. The largest absolute Gasteiger partial charge is 0.381 e. The highest BCUT2D eigenvalue weighted by Gasteiger charge is 2.43. The van der Waals surface area contributed by atoms with E-state index in [9.17, 15) is 32.7 Å². The van der Waals surface area contributed by atoms with E-state index in [-0.39, 0.29) is 13.1 Å². The molecule has 2 aliphatic carbocycles. The fourth-order valence-electron chi connectivity index (χ4n) is 6.00. The van der Waals surface area contributed by atoms with E-state index < -0.39 is 67.8 Å². The van der Waals surface area contributed by atoms with Crippen molar-refractivity contribution in [3.05, 3.63) is 12.7 Å². The Morgan fingerprint density at radius 3 is 2.00 bits per heavy atom. The minimum Gasteiger partial charge on any atom is -0.381 e. The van der Waals surface area contributed by atoms with Gasteiger partial charge in [0.1, 0.15) is 6.04 Å². The number of rotatable bonds is 12. The van der Waals surface area contributed by atoms with Crippen LogP contribution >= 0.6 is 0 Å². The van der Waals surface area contributed by atoms with Crippen LogP contribution in [0.4, 0.5) is 4.79 Å². The van der Waals surface area contributed by atoms with Crippen molar-refractivity contribution < 1.29 is 32.7 Å². The van der Waals surface area contributed by atoms with Crippen LogP contribution < -0.4 is 21.3 Å². The lowest BCUT2D eigenvalue weighted by molar-refractivity contribution is -0.139. The highest BCUT2D eigenvalue weighted by atomic mass is 32.2. The Balaban J connectivity index is 0.00000251. The second kappa shape index (κ2) is 24.5. The first-order valence-electron chi connectivity index (χ1n) is 19.3. The second-order valence-corrected chi connectivity index (χ2v) is 18.1. The number of sulfone groups is 1. The molecule has 5 atom stereocenters. The van der Waals surface area contributed by atoms with Gasteiger partial charge in [-0.25, -0.2) is 13.2 Å². The molecule has 2 saturated carbocycles. The average Bonchev–Trinajstić information content (AvgIpc) is 3.54. The molecule has 3 rings (SSSR count). The average molecular weight is 744 g/mol. The minimum atomic E-state index is -3.50. The fourth-order valence-corrected chi connectivity index (χ4v) is 8.02. The summed E-state index contributed by atoms with van der Waals surface area (Å²) in [6.07, 6.45) is 8.40. The SMILES string of the molecule is C=CCNC(=O)C(O)C(CC1CCC1)NC(=O)C1CCCN1C(=O)CNC(=O)NC1CCCCC1S(=O)(=O)C(C)(C)C.CC.CC(C)C.CCC. The molecular formula is C38H73N5O7S. The molecule has 1 saturated heterocycles. The van der Waals surface area contributed by atoms with Gasteiger partial charge in [-0.2, -0.15) is 0 Å². The molecule has 0 aromatic rings. The molecular weight excluding hydrogens is 671 g/mol. The van der Waals surface area contributed by atoms with E-state index in [4.69, 9.17) is 0 Å². The number of likely N-dealkylation sites (tertiary alicyclic amines) is 1. The van der Waals surface area contributed by atoms with Crippen molar-refractivity contribution in [2.75, 3.05) is 19.6 Å². The van der Waals surface area contributed by atoms with Crippen LogP contribution in [-0.2, 0) is 24.2 Å². The molecule has 5 N–H and O–H groups in total. The number of hydrogen-bond acceptors (Lipinski definition) is 7. The van der Waals surface area contributed by atoms with Crippen molar-refractivity contribution in [3.8, 4) is 0 Å². The molecule has 0 aromatic heterocycles. The standard InChI is InChI=1S/C29H49N5O7S.C4H10.C3H8.C2H6/c1-5-15-30-27(38)25(36)21(17-19-10-8-11-19)32-26(37)22-13-9-16-34(22)24(35)18-31-28(39)33-20-12-6-7-14-23(20)42(40,41)29(2,3)4;1-4(2)3;1-3-2;1-2/h5,19-23,25,36H,1,6-18H2,2-4H3,(H,30,38)(H,32,37)(H2,31,33,39);4H,1-3H3;3H2,1-2H3;1-2H3. The van der Waals surface area contributed by atoms with Crippen LogP contribution in [0.3, 0.4) is 0 Å². The molecule has 1 heterocycles. The van der Waals surface area contributed by atoms with Gasteiger partial charge in [0, 0.05) is 19.1 Å². The minimum absolute atomic E-state index is 0.194. The molecule has 12 nitrogen and oxygen atoms in total. The molecule has 0 bridgehead atoms. The van der Waals surface area contributed by atoms with Crippen molar-refractivity contribution in [2.24, 2.45) is 11.8 Å². The number of aliphatic hydroxyl groups excluding tert-OH is 1. The van der Waals surface area contributed by atoms with Crippen LogP contribution in [0.25, 0.3) is 0 Å². The molecule has 51 heavy (non-hydrogen) atoms. The van der Waals surface area contributed by atoms with Gasteiger partial charge >= 0.3 is 6.03 Å². The predicted octanol–water partition coefficient (Wildman–Crippen LogP) is 5.24. The van der Waals surface area contributed by atoms with E-state index in [1.54, 1.807) is 20.8 Å². The first-order valence-corrected chi connectivity index (χ1v) is 20.9. The lowest BCUT2D eigenvalue weighted by Gasteiger charge is -2.36. The third kappa shape index (κ3) is 16.7. The number of carbonyl (C=O) groups is 4. The molecule has 5 unspecified atom stereocenters. The van der Waals surface area contributed by atoms with E-state index in [0.717, 1.165) is 38.0 Å². The highest BCUT2D eigenvalue weighted by Crippen LogP contribution is 2.32. The van der Waals surface area contributed by atoms with Crippen molar-refractivity contribution >= 4 is 33.6 Å². The van der Waals surface area contributed by atoms with Crippen molar-refractivity contribution in [3.63, 3.8) is 0 Å². The van der Waals surface area contributed by atoms with E-state index in [0.29, 0.717) is 44.6 Å². The van der Waals surface area contributed by atoms with Gasteiger partial charge in [-0.1, -0.05) is 93.1 Å². The summed E-state index contributed by atoms with van der Waals surface area (Å²) in [4.78, 5) is 52.9. The lowest BCUT2D eigenvalue weighted by atomic mass is 9.79. The summed E-state index contributed by atoms with van der Waals surface area (Å²) in [6, 6.07) is -2.75. The van der Waals surface area contributed by atoms with Gasteiger partial charge in [-0.05, 0) is 64.7 Å². The number of aliphatic hydroxyl groups is 1. The number of amides is 5. The first kappa shape index (κ1) is 48.3. The maximum absolute atomic E-state index is 13.3. The number of hydrogen-bond donors (Lipinski definition) is 5. The molecule has 1 aliphatic heterocycles. The Bertz CT molecular complexity index is 1160. The third-order valence-electron chi connectivity index (χ3n) is 8.76. The summed E-state index contributed by atoms with van der Waals surface area (Å²) >= 11 is 0. The number of urea groups is 1. The van der Waals surface area contributed by atoms with Crippen molar-refractivity contribution in [1.29, 1.82) is 0 Å². The summed E-state index contributed by atoms with van der Waals surface area (Å²) in [6.45, 7) is 23.5. The number of nitrogens with zero attached hydrogens (tertiary/aromatic N) is 1. The smallest absolute Gasteiger partial charge is 0.315 e. The van der Waals surface area contributed by atoms with Crippen LogP contribution in [0.1, 0.15) is 140 Å². The molecule has 0 aromatic carbocycles. The Morgan fingerprint density at radius 1 is 0.922 bits per heavy atom. The van der Waals surface area contributed by atoms with Gasteiger partial charge in [-0.3, -0.25) is 14.4 Å². The summed E-state index contributed by atoms with van der Waals surface area (Å²) in [5.74, 6) is -0.333. The maximum atomic E-state index is 13.3. The van der Waals surface area contributed by atoms with Gasteiger partial charge in [0.25, 0.3) is 5.91 Å². The monoisotopic (exact) mass is 744 g/mol. The summed E-state index contributed by atoms with van der Waals surface area (Å²) < 4.78 is 25.3. The van der Waals surface area contributed by atoms with Crippen LogP contribution in [0, 0.1) is 11.8 Å². The van der Waals surface area contributed by atoms with Gasteiger partial charge < -0.3 is 31.3 Å². The van der Waals surface area contributed by atoms with Crippen LogP contribution in [-0.4, -0.2) is 96.0 Å². The Hall–Kier alpha value is -2.67. The molecule has 0 spiro atoms. The molecule has 5 amide bonds. The van der Waals surface area contributed by atoms with Gasteiger partial charge in [0.05, 0.1) is 22.6 Å². The Labute approximate surface area is 310 Å². The maximum Gasteiger partial charge on any atom is 0.315 e. The normalized spacial score (nSPS) is 21.4. The van der Waals surface area contributed by atoms with Crippen LogP contribution in [0.5, 0.6) is 0 Å². The van der Waals surface area contributed by atoms with E-state index in [2.05, 4.69) is 62.5 Å². The Kier molecular flexibility index (Phi) is 23.3. The lowest BCUT2D eigenvalue weighted by Crippen LogP contribution is -2.57. The summed E-state index contributed by atoms with van der Waals surface area (Å²) in [5, 5.41) is 20.7. The van der Waals surface area contributed by atoms with E-state index >= 15 is 0 Å². The van der Waals surface area contributed by atoms with Gasteiger partial charge in [0.2, 0.25) is 11.8 Å². The predicted molar refractivity (Wildman–Crippen MR) is 207 cm³/mol. The first-order chi connectivity index (χ1) is 23.9. The fraction of sp³-hybridized carbons (Fsp3) is 0.842. The van der Waals surface area contributed by atoms with Crippen LogP contribution in [0.15, 0.2) is 12.7 Å². The topological polar surface area (TPSA) is 174 Å². The van der Waals surface area contributed by atoms with Crippen molar-refractivity contribution in [1.82, 2.24) is 26.2 Å². The highest BCUT2D eigenvalue weighted by molar-refractivity contribution is 7.93. The number of nitrogens with one attached hydrogen (secondary N) is 4. The zero-order chi connectivity index (χ0) is 39.4. The second-order valence-electron chi connectivity index (χ2n) is 15.2. The quantitative estimate of drug-likeness (QED) is 0.170. The molecule has 3 fully saturated rings. The molecule has 298 valence electrons. The summed E-state index contributed by atoms with van der Waals surface area (Å²) in [5.41, 5.74) is 0. The van der Waals surface area contributed by atoms with Gasteiger partial charge in [0.15, 0.2) is 15.9 Å². The summed E-state index contributed by atoms with van der Waals surface area (Å²) in [7, 11) is -3.50. The van der Waals surface area contributed by atoms with Crippen molar-refractivity contribution in [2.45, 2.75) is 174 Å². The van der Waals surface area contributed by atoms with E-state index in [1.165, 1.54) is 17.4 Å². The third-order valence-corrected chi connectivity index (χ3v) is 11.8. The number of carbonyl (C=O) groups excluding carboxylic acids is 4.